The highest BCUT2D eigenvalue weighted by Gasteiger charge is 2.19. The Kier molecular flexibility index (Phi) is 1.80. The molecule has 0 saturated carbocycles. The highest BCUT2D eigenvalue weighted by Crippen LogP contribution is 2.34. The van der Waals surface area contributed by atoms with Crippen molar-refractivity contribution in [3.8, 4) is 11.5 Å². The molecule has 3 rings (SSSR count). The Bertz CT molecular complexity index is 440. The molecule has 0 fully saturated rings. The number of amidine groups is 1. The summed E-state index contributed by atoms with van der Waals surface area (Å²) in [7, 11) is 0. The van der Waals surface area contributed by atoms with Crippen LogP contribution in [0, 0.1) is 0 Å². The lowest BCUT2D eigenvalue weighted by Crippen LogP contribution is -2.10. The van der Waals surface area contributed by atoms with Crippen molar-refractivity contribution < 1.29 is 9.47 Å². The van der Waals surface area contributed by atoms with Gasteiger partial charge in [-0.05, 0) is 17.7 Å². The Morgan fingerprint density at radius 1 is 1.13 bits per heavy atom. The van der Waals surface area contributed by atoms with Gasteiger partial charge in [-0.3, -0.25) is 4.99 Å². The quantitative estimate of drug-likeness (QED) is 0.687. The molecule has 1 aromatic carbocycles. The van der Waals surface area contributed by atoms with Crippen molar-refractivity contribution in [1.29, 1.82) is 0 Å². The number of ether oxygens (including phenoxy) is 2. The van der Waals surface area contributed by atoms with Crippen LogP contribution >= 0.6 is 0 Å². The number of fused-ring (bicyclic) bond motifs is 2. The molecule has 0 unspecified atom stereocenters. The minimum Gasteiger partial charge on any atom is -0.490 e. The van der Waals surface area contributed by atoms with Crippen molar-refractivity contribution in [2.24, 2.45) is 10.7 Å². The van der Waals surface area contributed by atoms with Gasteiger partial charge in [0.25, 0.3) is 0 Å². The highest BCUT2D eigenvalue weighted by molar-refractivity contribution is 6.01. The fourth-order valence-corrected chi connectivity index (χ4v) is 1.88. The largest absolute Gasteiger partial charge is 0.490 e. The first kappa shape index (κ1) is 8.59. The summed E-state index contributed by atoms with van der Waals surface area (Å²) in [6.45, 7) is 2.06. The summed E-state index contributed by atoms with van der Waals surface area (Å²) in [6.07, 6.45) is 0.920. The zero-order chi connectivity index (χ0) is 10.3. The standard InChI is InChI=1S/C11H12N2O2/c12-11-8-5-10-9(4-7(8)6-13-11)14-2-1-3-15-10/h4-5H,1-3,6H2,(H2,12,13). The maximum atomic E-state index is 5.77. The molecule has 0 aromatic heterocycles. The number of hydrogen-bond acceptors (Lipinski definition) is 4. The van der Waals surface area contributed by atoms with Crippen LogP contribution in [0.5, 0.6) is 11.5 Å². The Morgan fingerprint density at radius 2 is 1.87 bits per heavy atom. The SMILES string of the molecule is NC1=NCc2cc3c(cc21)OCCCO3. The third-order valence-electron chi connectivity index (χ3n) is 2.67. The second kappa shape index (κ2) is 3.15. The minimum atomic E-state index is 0.598. The Balaban J connectivity index is 2.09. The van der Waals surface area contributed by atoms with Crippen LogP contribution < -0.4 is 15.2 Å². The second-order valence-electron chi connectivity index (χ2n) is 3.71. The zero-order valence-corrected chi connectivity index (χ0v) is 8.32. The van der Waals surface area contributed by atoms with Gasteiger partial charge in [-0.2, -0.15) is 0 Å². The number of rotatable bonds is 0. The summed E-state index contributed by atoms with van der Waals surface area (Å²) < 4.78 is 11.2. The number of nitrogens with zero attached hydrogens (tertiary/aromatic N) is 1. The molecular weight excluding hydrogens is 192 g/mol. The maximum absolute atomic E-state index is 5.77. The van der Waals surface area contributed by atoms with Gasteiger partial charge in [-0.25, -0.2) is 0 Å². The average Bonchev–Trinajstić information content (AvgIpc) is 2.49. The lowest BCUT2D eigenvalue weighted by atomic mass is 10.1. The Labute approximate surface area is 87.7 Å². The van der Waals surface area contributed by atoms with Crippen LogP contribution in [-0.4, -0.2) is 19.0 Å². The molecule has 2 aliphatic rings. The second-order valence-corrected chi connectivity index (χ2v) is 3.71. The van der Waals surface area contributed by atoms with E-state index in [0.29, 0.717) is 25.6 Å². The van der Waals surface area contributed by atoms with Gasteiger partial charge in [0.15, 0.2) is 11.5 Å². The van der Waals surface area contributed by atoms with E-state index < -0.39 is 0 Å². The van der Waals surface area contributed by atoms with E-state index in [9.17, 15) is 0 Å². The van der Waals surface area contributed by atoms with Crippen LogP contribution in [0.25, 0.3) is 0 Å². The van der Waals surface area contributed by atoms with Crippen LogP contribution in [0.15, 0.2) is 17.1 Å². The predicted molar refractivity (Wildman–Crippen MR) is 56.5 cm³/mol. The molecule has 2 heterocycles. The van der Waals surface area contributed by atoms with Crippen LogP contribution in [0.3, 0.4) is 0 Å². The molecule has 78 valence electrons. The molecule has 4 heteroatoms. The Morgan fingerprint density at radius 3 is 2.67 bits per heavy atom. The van der Waals surface area contributed by atoms with Crippen LogP contribution in [0.4, 0.5) is 0 Å². The average molecular weight is 204 g/mol. The lowest BCUT2D eigenvalue weighted by Gasteiger charge is -2.09. The normalized spacial score (nSPS) is 18.0. The molecular formula is C11H12N2O2. The van der Waals surface area contributed by atoms with Crippen LogP contribution in [0.2, 0.25) is 0 Å². The van der Waals surface area contributed by atoms with Crippen molar-refractivity contribution >= 4 is 5.84 Å². The van der Waals surface area contributed by atoms with E-state index in [1.165, 1.54) is 0 Å². The van der Waals surface area contributed by atoms with Crippen LogP contribution in [-0.2, 0) is 6.54 Å². The van der Waals surface area contributed by atoms with Gasteiger partial charge in [0.05, 0.1) is 19.8 Å². The van der Waals surface area contributed by atoms with E-state index in [0.717, 1.165) is 29.0 Å². The van der Waals surface area contributed by atoms with Gasteiger partial charge >= 0.3 is 0 Å². The number of hydrogen-bond donors (Lipinski definition) is 1. The summed E-state index contributed by atoms with van der Waals surface area (Å²) in [4.78, 5) is 4.18. The first-order chi connectivity index (χ1) is 7.34. The molecule has 0 radical (unpaired) electrons. The van der Waals surface area contributed by atoms with Crippen LogP contribution in [0.1, 0.15) is 17.5 Å². The molecule has 0 amide bonds. The maximum Gasteiger partial charge on any atom is 0.161 e. The van der Waals surface area contributed by atoms with Gasteiger partial charge in [0.1, 0.15) is 5.84 Å². The zero-order valence-electron chi connectivity index (χ0n) is 8.32. The number of aliphatic imine (C=N–C) groups is 1. The van der Waals surface area contributed by atoms with E-state index in [1.54, 1.807) is 0 Å². The fourth-order valence-electron chi connectivity index (χ4n) is 1.88. The molecule has 0 spiro atoms. The van der Waals surface area contributed by atoms with Gasteiger partial charge in [-0.1, -0.05) is 0 Å². The molecule has 0 atom stereocenters. The molecule has 15 heavy (non-hydrogen) atoms. The van der Waals surface area contributed by atoms with E-state index in [4.69, 9.17) is 15.2 Å². The first-order valence-electron chi connectivity index (χ1n) is 5.07. The summed E-state index contributed by atoms with van der Waals surface area (Å²) in [5.74, 6) is 2.20. The monoisotopic (exact) mass is 204 g/mol. The molecule has 0 saturated heterocycles. The summed E-state index contributed by atoms with van der Waals surface area (Å²) >= 11 is 0. The molecule has 1 aromatic rings. The molecule has 4 nitrogen and oxygen atoms in total. The molecule has 2 aliphatic heterocycles. The highest BCUT2D eigenvalue weighted by atomic mass is 16.5. The summed E-state index contributed by atoms with van der Waals surface area (Å²) in [5.41, 5.74) is 7.88. The van der Waals surface area contributed by atoms with Gasteiger partial charge in [0.2, 0.25) is 0 Å². The van der Waals surface area contributed by atoms with E-state index in [1.807, 2.05) is 12.1 Å². The number of benzene rings is 1. The molecule has 2 N–H and O–H groups in total. The smallest absolute Gasteiger partial charge is 0.161 e. The van der Waals surface area contributed by atoms with E-state index in [-0.39, 0.29) is 0 Å². The first-order valence-corrected chi connectivity index (χ1v) is 5.07. The van der Waals surface area contributed by atoms with Crippen molar-refractivity contribution in [3.05, 3.63) is 23.3 Å². The number of nitrogens with two attached hydrogens (primary N) is 1. The predicted octanol–water partition coefficient (Wildman–Crippen LogP) is 1.07. The molecule has 0 bridgehead atoms. The third-order valence-corrected chi connectivity index (χ3v) is 2.67. The van der Waals surface area contributed by atoms with E-state index in [2.05, 4.69) is 4.99 Å². The minimum absolute atomic E-state index is 0.598. The Hall–Kier alpha value is -1.71. The lowest BCUT2D eigenvalue weighted by molar-refractivity contribution is 0.297. The van der Waals surface area contributed by atoms with E-state index >= 15 is 0 Å². The van der Waals surface area contributed by atoms with Crippen molar-refractivity contribution in [3.63, 3.8) is 0 Å². The van der Waals surface area contributed by atoms with Gasteiger partial charge in [0, 0.05) is 12.0 Å². The molecule has 0 aliphatic carbocycles. The van der Waals surface area contributed by atoms with Crippen molar-refractivity contribution in [2.75, 3.05) is 13.2 Å². The topological polar surface area (TPSA) is 56.8 Å². The van der Waals surface area contributed by atoms with Gasteiger partial charge < -0.3 is 15.2 Å². The third kappa shape index (κ3) is 1.33. The summed E-state index contributed by atoms with van der Waals surface area (Å²) in [6, 6.07) is 3.92. The van der Waals surface area contributed by atoms with Crippen molar-refractivity contribution in [1.82, 2.24) is 0 Å². The fraction of sp³-hybridized carbons (Fsp3) is 0.364. The summed E-state index contributed by atoms with van der Waals surface area (Å²) in [5, 5.41) is 0. The van der Waals surface area contributed by atoms with Gasteiger partial charge in [-0.15, -0.1) is 0 Å². The van der Waals surface area contributed by atoms with Crippen molar-refractivity contribution in [2.45, 2.75) is 13.0 Å².